The predicted molar refractivity (Wildman–Crippen MR) is 226 cm³/mol. The quantitative estimate of drug-likeness (QED) is 0.0225. The third-order valence-corrected chi connectivity index (χ3v) is 11.9. The van der Waals surface area contributed by atoms with E-state index < -0.39 is 82.8 Å². The van der Waals surface area contributed by atoms with Crippen LogP contribution in [0.1, 0.15) is 11.1 Å². The molecule has 27 heteroatoms. The van der Waals surface area contributed by atoms with Crippen LogP contribution in [0.25, 0.3) is 12.2 Å². The molecule has 0 bridgehead atoms. The minimum atomic E-state index is -5.13. The molecule has 0 heterocycles. The Balaban J connectivity index is 0.00000793. The Morgan fingerprint density at radius 1 is 0.385 bits per heavy atom. The van der Waals surface area contributed by atoms with Gasteiger partial charge in [0.15, 0.2) is 9.79 Å². The van der Waals surface area contributed by atoms with E-state index in [2.05, 4.69) is 30.7 Å². The summed E-state index contributed by atoms with van der Waals surface area (Å²) in [5, 5.41) is 49.2. The van der Waals surface area contributed by atoms with Crippen molar-refractivity contribution in [3.05, 3.63) is 155 Å². The van der Waals surface area contributed by atoms with Gasteiger partial charge in [-0.3, -0.25) is 18.2 Å². The molecule has 0 radical (unpaired) electrons. The van der Waals surface area contributed by atoms with Gasteiger partial charge in [-0.2, -0.15) is 54.1 Å². The summed E-state index contributed by atoms with van der Waals surface area (Å²) in [5.41, 5.74) is -2.32. The van der Waals surface area contributed by atoms with Crippen LogP contribution in [-0.4, -0.2) is 61.6 Å². The molecule has 22 nitrogen and oxygen atoms in total. The van der Waals surface area contributed by atoms with Crippen LogP contribution < -0.4 is 29.6 Å². The molecule has 0 aliphatic rings. The molecule has 6 aromatic rings. The van der Waals surface area contributed by atoms with Gasteiger partial charge in [0.05, 0.1) is 22.7 Å². The SMILES string of the molecule is O=S(=O)(O)c1cc(N=[N+]([O-])c2ccc(N=Nc3ccccc3)cc2S(=O)(=O)O)ccc1/C=C/c1ccc(N=[N+]([O-])c2ccc(N=Nc3ccccc3)cc2S(=O)(=O)O)cc1S(=O)(=O)O.[Na+]. The minimum Gasteiger partial charge on any atom is -0.594 e. The number of azo groups is 4. The first kappa shape index (κ1) is 49.7. The van der Waals surface area contributed by atoms with Crippen molar-refractivity contribution in [2.75, 3.05) is 0 Å². The van der Waals surface area contributed by atoms with Crippen molar-refractivity contribution < 1.29 is 91.2 Å². The van der Waals surface area contributed by atoms with Gasteiger partial charge in [0.2, 0.25) is 0 Å². The van der Waals surface area contributed by atoms with Crippen LogP contribution in [0.2, 0.25) is 0 Å². The summed E-state index contributed by atoms with van der Waals surface area (Å²) < 4.78 is 139. The molecular formula is C38H28N8NaO14S4+. The third-order valence-electron chi connectivity index (χ3n) is 8.33. The first-order chi connectivity index (χ1) is 30.1. The van der Waals surface area contributed by atoms with Crippen LogP contribution in [0, 0.1) is 10.4 Å². The summed E-state index contributed by atoms with van der Waals surface area (Å²) >= 11 is 0. The molecule has 0 saturated carbocycles. The summed E-state index contributed by atoms with van der Waals surface area (Å²) in [6, 6.07) is 28.2. The maximum atomic E-state index is 13.1. The smallest absolute Gasteiger partial charge is 0.594 e. The fourth-order valence-corrected chi connectivity index (χ4v) is 8.24. The van der Waals surface area contributed by atoms with Crippen molar-refractivity contribution in [1.82, 2.24) is 0 Å². The number of nitrogens with zero attached hydrogens (tertiary/aromatic N) is 8. The molecule has 6 aromatic carbocycles. The second kappa shape index (κ2) is 20.3. The molecule has 65 heavy (non-hydrogen) atoms. The topological polar surface area (TPSA) is 344 Å². The van der Waals surface area contributed by atoms with Crippen LogP contribution in [-0.2, 0) is 40.5 Å². The van der Waals surface area contributed by atoms with Gasteiger partial charge in [-0.05, 0) is 93.6 Å². The minimum absolute atomic E-state index is 0. The van der Waals surface area contributed by atoms with Crippen LogP contribution in [0.4, 0.5) is 45.5 Å². The number of benzene rings is 6. The van der Waals surface area contributed by atoms with Crippen molar-refractivity contribution in [2.45, 2.75) is 19.6 Å². The van der Waals surface area contributed by atoms with Gasteiger partial charge in [0.1, 0.15) is 21.2 Å². The van der Waals surface area contributed by atoms with Crippen molar-refractivity contribution in [3.63, 3.8) is 0 Å². The van der Waals surface area contributed by atoms with E-state index in [4.69, 9.17) is 0 Å². The summed E-state index contributed by atoms with van der Waals surface area (Å²) in [6.07, 6.45) is 1.97. The summed E-state index contributed by atoms with van der Waals surface area (Å²) in [7, 11) is -20.4. The summed E-state index contributed by atoms with van der Waals surface area (Å²) in [5.74, 6) is 0. The first-order valence-corrected chi connectivity index (χ1v) is 23.3. The zero-order chi connectivity index (χ0) is 46.5. The second-order valence-corrected chi connectivity index (χ2v) is 18.4. The van der Waals surface area contributed by atoms with Crippen LogP contribution >= 0.6 is 0 Å². The molecule has 328 valence electrons. The monoisotopic (exact) mass is 971 g/mol. The molecule has 0 amide bonds. The van der Waals surface area contributed by atoms with Crippen LogP contribution in [0.5, 0.6) is 0 Å². The molecule has 0 aromatic heterocycles. The molecule has 0 atom stereocenters. The van der Waals surface area contributed by atoms with Gasteiger partial charge in [0.25, 0.3) is 31.6 Å². The van der Waals surface area contributed by atoms with Gasteiger partial charge in [-0.25, -0.2) is 0 Å². The van der Waals surface area contributed by atoms with Crippen molar-refractivity contribution in [2.24, 2.45) is 30.7 Å². The Labute approximate surface area is 391 Å². The molecule has 0 fully saturated rings. The van der Waals surface area contributed by atoms with Gasteiger partial charge >= 0.3 is 49.8 Å². The van der Waals surface area contributed by atoms with Gasteiger partial charge < -0.3 is 10.4 Å². The maximum Gasteiger partial charge on any atom is 1.00 e. The van der Waals surface area contributed by atoms with Crippen LogP contribution in [0.15, 0.2) is 184 Å². The Hall–Kier alpha value is -6.30. The van der Waals surface area contributed by atoms with Crippen molar-refractivity contribution >= 4 is 98.1 Å². The normalized spacial score (nSPS) is 13.1. The predicted octanol–water partition coefficient (Wildman–Crippen LogP) is 6.53. The fraction of sp³-hybridized carbons (Fsp3) is 0. The van der Waals surface area contributed by atoms with E-state index in [1.54, 1.807) is 60.7 Å². The molecule has 4 N–H and O–H groups in total. The van der Waals surface area contributed by atoms with E-state index in [0.29, 0.717) is 23.5 Å². The first-order valence-electron chi connectivity index (χ1n) is 17.5. The largest absolute Gasteiger partial charge is 1.00 e. The maximum absolute atomic E-state index is 13.1. The Morgan fingerprint density at radius 3 is 1.00 bits per heavy atom. The van der Waals surface area contributed by atoms with E-state index in [9.17, 15) is 62.3 Å². The molecule has 0 aliphatic carbocycles. The average Bonchev–Trinajstić information content (AvgIpc) is 3.24. The molecule has 6 rings (SSSR count). The molecule has 0 spiro atoms. The van der Waals surface area contributed by atoms with E-state index in [1.807, 2.05) is 0 Å². The van der Waals surface area contributed by atoms with E-state index >= 15 is 0 Å². The molecule has 0 saturated heterocycles. The van der Waals surface area contributed by atoms with E-state index in [-0.39, 0.29) is 61.8 Å². The van der Waals surface area contributed by atoms with Crippen molar-refractivity contribution in [3.8, 4) is 0 Å². The zero-order valence-electron chi connectivity index (χ0n) is 32.9. The summed E-state index contributed by atoms with van der Waals surface area (Å²) in [4.78, 5) is -4.11. The summed E-state index contributed by atoms with van der Waals surface area (Å²) in [6.45, 7) is 0. The fourth-order valence-electron chi connectivity index (χ4n) is 5.47. The number of hydrogen-bond donors (Lipinski definition) is 4. The van der Waals surface area contributed by atoms with Gasteiger partial charge in [-0.1, -0.05) is 60.7 Å². The Morgan fingerprint density at radius 2 is 0.677 bits per heavy atom. The number of hydrogen-bond acceptors (Lipinski definition) is 16. The molecular weight excluding hydrogens is 944 g/mol. The third kappa shape index (κ3) is 13.1. The average molecular weight is 972 g/mol. The van der Waals surface area contributed by atoms with E-state index in [1.165, 1.54) is 12.1 Å². The Bertz CT molecular complexity index is 3190. The van der Waals surface area contributed by atoms with Crippen molar-refractivity contribution in [1.29, 1.82) is 0 Å². The molecule has 0 unspecified atom stereocenters. The molecule has 0 aliphatic heterocycles. The van der Waals surface area contributed by atoms with Gasteiger partial charge in [0, 0.05) is 22.4 Å². The van der Waals surface area contributed by atoms with Crippen LogP contribution in [0.3, 0.4) is 0 Å². The Kier molecular flexibility index (Phi) is 15.5. The zero-order valence-corrected chi connectivity index (χ0v) is 38.2. The van der Waals surface area contributed by atoms with Gasteiger partial charge in [-0.15, -0.1) is 0 Å². The second-order valence-electron chi connectivity index (χ2n) is 12.8. The number of rotatable bonds is 14. The van der Waals surface area contributed by atoms with E-state index in [0.717, 1.165) is 60.7 Å². The standard InChI is InChI=1S/C38H28N8O14S4.Na/c47-45(33-19-17-29(21-37(33)63(55,56)57)41-39-27-7-3-1-4-8-27)43-31-15-13-25(35(23-31)61(49,50)51)11-12-26-14-16-32(24-36(26)62(52,53)54)44-46(48)34-20-18-30(22-38(34)64(58,59)60)42-40-28-9-5-2-6-10-28;/h1-24H,(H,49,50,51)(H,52,53,54)(H,55,56,57)(H,58,59,60);/q;+1/b12-11+,41-39?,42-40?,45-43?,46-44?;.